The molecule has 1 aromatic carbocycles. The number of amides is 1. The van der Waals surface area contributed by atoms with Gasteiger partial charge in [0.25, 0.3) is 0 Å². The van der Waals surface area contributed by atoms with Crippen LogP contribution in [0.3, 0.4) is 0 Å². The van der Waals surface area contributed by atoms with Crippen LogP contribution in [0.5, 0.6) is 0 Å². The Kier molecular flexibility index (Phi) is 7.63. The Morgan fingerprint density at radius 3 is 2.69 bits per heavy atom. The Morgan fingerprint density at radius 2 is 2.00 bits per heavy atom. The Morgan fingerprint density at radius 1 is 1.27 bits per heavy atom. The van der Waals surface area contributed by atoms with E-state index in [-0.39, 0.29) is 18.3 Å². The van der Waals surface area contributed by atoms with Crippen molar-refractivity contribution < 1.29 is 9.53 Å². The smallest absolute Gasteiger partial charge is 0.228 e. The first kappa shape index (κ1) is 20.4. The van der Waals surface area contributed by atoms with Crippen LogP contribution >= 0.6 is 12.4 Å². The van der Waals surface area contributed by atoms with Crippen molar-refractivity contribution >= 4 is 18.3 Å². The molecular weight excluding hydrogens is 352 g/mol. The lowest BCUT2D eigenvalue weighted by molar-refractivity contribution is -0.136. The van der Waals surface area contributed by atoms with Gasteiger partial charge in [-0.25, -0.2) is 0 Å². The van der Waals surface area contributed by atoms with E-state index in [4.69, 9.17) is 4.74 Å². The monoisotopic (exact) mass is 378 g/mol. The normalized spacial score (nSPS) is 15.9. The summed E-state index contributed by atoms with van der Waals surface area (Å²) in [6.45, 7) is 3.39. The van der Waals surface area contributed by atoms with Crippen LogP contribution < -0.4 is 10.6 Å². The van der Waals surface area contributed by atoms with Gasteiger partial charge in [-0.1, -0.05) is 30.3 Å². The van der Waals surface area contributed by atoms with Crippen molar-refractivity contribution in [2.45, 2.75) is 25.9 Å². The van der Waals surface area contributed by atoms with Gasteiger partial charge in [0, 0.05) is 25.4 Å². The molecule has 2 N–H and O–H groups in total. The number of benzene rings is 1. The molecule has 0 saturated carbocycles. The second-order valence-electron chi connectivity index (χ2n) is 6.68. The van der Waals surface area contributed by atoms with E-state index in [2.05, 4.69) is 27.9 Å². The number of hydrogen-bond donors (Lipinski definition) is 2. The van der Waals surface area contributed by atoms with E-state index in [9.17, 15) is 4.79 Å². The third kappa shape index (κ3) is 5.06. The first-order valence-corrected chi connectivity index (χ1v) is 8.75. The number of hydrogen-bond acceptors (Lipinski definition) is 4. The average Bonchev–Trinajstić information content (AvgIpc) is 3.09. The standard InChI is InChI=1S/C19H26N4O2.ClH/c1-25-15-19(7-9-20-10-8-19)18(24)21-11-17-12-22-23(14-17)13-16-5-3-2-4-6-16;/h2-6,12,14,20H,7-11,13,15H2,1H3,(H,21,24);1H. The molecule has 1 amide bonds. The van der Waals surface area contributed by atoms with Crippen LogP contribution in [-0.4, -0.2) is 42.5 Å². The van der Waals surface area contributed by atoms with Crippen molar-refractivity contribution in [2.24, 2.45) is 5.41 Å². The summed E-state index contributed by atoms with van der Waals surface area (Å²) in [7, 11) is 1.66. The Hall–Kier alpha value is -1.89. The van der Waals surface area contributed by atoms with E-state index in [1.54, 1.807) is 7.11 Å². The number of piperidine rings is 1. The molecule has 1 aliphatic rings. The number of rotatable bonds is 7. The van der Waals surface area contributed by atoms with Crippen molar-refractivity contribution in [3.8, 4) is 0 Å². The van der Waals surface area contributed by atoms with Crippen molar-refractivity contribution in [3.05, 3.63) is 53.9 Å². The highest BCUT2D eigenvalue weighted by atomic mass is 35.5. The minimum atomic E-state index is -0.417. The van der Waals surface area contributed by atoms with Gasteiger partial charge >= 0.3 is 0 Å². The lowest BCUT2D eigenvalue weighted by atomic mass is 9.78. The van der Waals surface area contributed by atoms with Gasteiger partial charge in [-0.15, -0.1) is 12.4 Å². The fourth-order valence-corrected chi connectivity index (χ4v) is 3.34. The maximum Gasteiger partial charge on any atom is 0.228 e. The molecule has 26 heavy (non-hydrogen) atoms. The van der Waals surface area contributed by atoms with Gasteiger partial charge < -0.3 is 15.4 Å². The van der Waals surface area contributed by atoms with Crippen molar-refractivity contribution in [3.63, 3.8) is 0 Å². The minimum Gasteiger partial charge on any atom is -0.384 e. The molecule has 3 rings (SSSR count). The quantitative estimate of drug-likeness (QED) is 0.773. The summed E-state index contributed by atoms with van der Waals surface area (Å²) in [4.78, 5) is 12.7. The van der Waals surface area contributed by atoms with Crippen LogP contribution in [0.15, 0.2) is 42.7 Å². The van der Waals surface area contributed by atoms with Gasteiger partial charge in [-0.05, 0) is 31.5 Å². The second-order valence-corrected chi connectivity index (χ2v) is 6.68. The number of nitrogens with one attached hydrogen (secondary N) is 2. The number of aromatic nitrogens is 2. The summed E-state index contributed by atoms with van der Waals surface area (Å²) in [5.41, 5.74) is 1.79. The predicted octanol–water partition coefficient (Wildman–Crippen LogP) is 1.99. The number of ether oxygens (including phenoxy) is 1. The summed E-state index contributed by atoms with van der Waals surface area (Å²) >= 11 is 0. The van der Waals surface area contributed by atoms with Gasteiger partial charge in [-0.3, -0.25) is 9.48 Å². The van der Waals surface area contributed by atoms with Crippen LogP contribution in [0.1, 0.15) is 24.0 Å². The van der Waals surface area contributed by atoms with Gasteiger partial charge in [0.2, 0.25) is 5.91 Å². The van der Waals surface area contributed by atoms with Crippen LogP contribution in [0.25, 0.3) is 0 Å². The van der Waals surface area contributed by atoms with Gasteiger partial charge in [0.05, 0.1) is 24.8 Å². The highest BCUT2D eigenvalue weighted by molar-refractivity contribution is 5.85. The third-order valence-electron chi connectivity index (χ3n) is 4.79. The van der Waals surface area contributed by atoms with E-state index in [1.165, 1.54) is 5.56 Å². The molecule has 2 aromatic rings. The maximum absolute atomic E-state index is 12.7. The third-order valence-corrected chi connectivity index (χ3v) is 4.79. The topological polar surface area (TPSA) is 68.2 Å². The molecule has 1 aromatic heterocycles. The molecule has 7 heteroatoms. The van der Waals surface area contributed by atoms with Crippen LogP contribution in [0, 0.1) is 5.41 Å². The molecule has 0 unspecified atom stereocenters. The summed E-state index contributed by atoms with van der Waals surface area (Å²) in [5.74, 6) is 0.0756. The van der Waals surface area contributed by atoms with Crippen LogP contribution in [0.2, 0.25) is 0 Å². The number of carbonyl (C=O) groups is 1. The van der Waals surface area contributed by atoms with E-state index in [0.717, 1.165) is 38.0 Å². The van der Waals surface area contributed by atoms with Crippen molar-refractivity contribution in [1.82, 2.24) is 20.4 Å². The highest BCUT2D eigenvalue weighted by Crippen LogP contribution is 2.29. The first-order chi connectivity index (χ1) is 12.2. The number of methoxy groups -OCH3 is 1. The second kappa shape index (κ2) is 9.71. The summed E-state index contributed by atoms with van der Waals surface area (Å²) < 4.78 is 7.22. The predicted molar refractivity (Wildman–Crippen MR) is 103 cm³/mol. The van der Waals surface area contributed by atoms with Crippen molar-refractivity contribution in [1.29, 1.82) is 0 Å². The van der Waals surface area contributed by atoms with Crippen LogP contribution in [-0.2, 0) is 22.6 Å². The number of carbonyl (C=O) groups excluding carboxylic acids is 1. The van der Waals surface area contributed by atoms with Gasteiger partial charge in [0.15, 0.2) is 0 Å². The Labute approximate surface area is 160 Å². The fraction of sp³-hybridized carbons (Fsp3) is 0.474. The summed E-state index contributed by atoms with van der Waals surface area (Å²) in [6, 6.07) is 10.2. The molecule has 0 radical (unpaired) electrons. The number of nitrogens with zero attached hydrogens (tertiary/aromatic N) is 2. The maximum atomic E-state index is 12.7. The molecule has 142 valence electrons. The largest absolute Gasteiger partial charge is 0.384 e. The van der Waals surface area contributed by atoms with E-state index >= 15 is 0 Å². The summed E-state index contributed by atoms with van der Waals surface area (Å²) in [5, 5.41) is 10.8. The molecule has 0 spiro atoms. The SMILES string of the molecule is COCC1(C(=O)NCc2cnn(Cc3ccccc3)c2)CCNCC1.Cl. The van der Waals surface area contributed by atoms with Gasteiger partial charge in [-0.2, -0.15) is 5.10 Å². The lowest BCUT2D eigenvalue weighted by Gasteiger charge is -2.35. The highest BCUT2D eigenvalue weighted by Gasteiger charge is 2.39. The Bertz CT molecular complexity index is 678. The number of halogens is 1. The summed E-state index contributed by atoms with van der Waals surface area (Å²) in [6.07, 6.45) is 5.41. The molecule has 0 atom stereocenters. The van der Waals surface area contributed by atoms with Crippen molar-refractivity contribution in [2.75, 3.05) is 26.8 Å². The van der Waals surface area contributed by atoms with Crippen LogP contribution in [0.4, 0.5) is 0 Å². The van der Waals surface area contributed by atoms with Gasteiger partial charge in [0.1, 0.15) is 0 Å². The molecule has 1 saturated heterocycles. The molecule has 0 aliphatic carbocycles. The molecule has 2 heterocycles. The van der Waals surface area contributed by atoms with E-state index < -0.39 is 5.41 Å². The van der Waals surface area contributed by atoms with E-state index in [1.807, 2.05) is 35.3 Å². The molecule has 6 nitrogen and oxygen atoms in total. The van der Waals surface area contributed by atoms with E-state index in [0.29, 0.717) is 13.2 Å². The zero-order valence-electron chi connectivity index (χ0n) is 15.1. The minimum absolute atomic E-state index is 0. The molecule has 1 fully saturated rings. The fourth-order valence-electron chi connectivity index (χ4n) is 3.34. The molecule has 0 bridgehead atoms. The molecular formula is C19H27ClN4O2. The average molecular weight is 379 g/mol. The Balaban J connectivity index is 0.00000243. The first-order valence-electron chi connectivity index (χ1n) is 8.75. The molecule has 1 aliphatic heterocycles. The zero-order valence-corrected chi connectivity index (χ0v) is 15.9. The zero-order chi connectivity index (χ0) is 17.5. The lowest BCUT2D eigenvalue weighted by Crippen LogP contribution is -2.49.